The highest BCUT2D eigenvalue weighted by atomic mass is 35.5. The average molecular weight is 2020 g/mol. The number of amides is 8. The fourth-order valence-electron chi connectivity index (χ4n) is 13.5. The number of rotatable bonds is 21. The standard InChI is InChI=1S/C26H25N7O3S2.C24H24N8O3S.C23H23ClN6O3S.C21H22N8O3S/c1-26(2,3)20-13-21(28-22(34)29-23-27-19(15-37-23)17-7-5-4-6-8-17)33(31-20)18-11-9-16(10-12-18)14-32-24(35)30-25(36)38-32;1-24(2,3)18-12-19(27-21(33)28-20-25-16-6-4-5-7-17(16)26-20)32(30-18)15-10-8-14(9-11-15)13-31-22(34)29-23(35)36-31;1-23(2,3)18-12-19(26-20(31)25-16-8-6-15(24)7-9-16)30(28-18)17-10-4-14(5-11-17)13-29-21(32)27-22(33)34-29;1-21(2,3)15-10-17(25-18(30)24-16-8-9-22-12-23-16)29(27-15)14-6-4-13(5-7-14)11-28-19(31)26-20(32)33-28/h4-13,15H,14H2,1-3H3,(H,30,35,36)(H2,27,28,29,34);4-12H,13H2,1-3H3,(H,29,34,35)(H3,25,26,27,28,33);4-12H,13H2,1-3H3,(H2,25,26,31)(H,27,32,33);4-10,12H,11H2,1-3H3,(H,26,31,32)(H2,22,23,24,25,30). The number of anilines is 8. The van der Waals surface area contributed by atoms with Gasteiger partial charge in [-0.05, 0) is 113 Å². The largest absolute Gasteiger partial charge is 0.338 e. The average Bonchev–Trinajstić information content (AvgIpc) is 1.65. The van der Waals surface area contributed by atoms with E-state index in [1.54, 1.807) is 49.1 Å². The van der Waals surface area contributed by atoms with Crippen LogP contribution in [0.4, 0.5) is 65.0 Å². The highest BCUT2D eigenvalue weighted by Gasteiger charge is 2.28. The second-order valence-electron chi connectivity index (χ2n) is 35.8. The maximum atomic E-state index is 12.9. The van der Waals surface area contributed by atoms with E-state index in [1.165, 1.54) is 39.7 Å². The molecule has 0 unspecified atom stereocenters. The van der Waals surface area contributed by atoms with Crippen LogP contribution in [0.25, 0.3) is 45.0 Å². The number of aromatic nitrogens is 21. The molecule has 41 nitrogen and oxygen atoms in total. The number of fused-ring (bicyclic) bond motifs is 1. The topological polar surface area (TPSA) is 523 Å². The van der Waals surface area contributed by atoms with Gasteiger partial charge in [0.2, 0.25) is 5.95 Å². The van der Waals surface area contributed by atoms with Gasteiger partial charge in [0.05, 0.1) is 88.4 Å². The van der Waals surface area contributed by atoms with Crippen molar-refractivity contribution in [3.05, 3.63) is 355 Å². The molecular weight excluding hydrogens is 1920 g/mol. The fraction of sp³-hybridized carbons (Fsp3) is 0.213. The lowest BCUT2D eigenvalue weighted by Crippen LogP contribution is -2.22. The van der Waals surface area contributed by atoms with Gasteiger partial charge in [-0.2, -0.15) is 20.4 Å². The van der Waals surface area contributed by atoms with Gasteiger partial charge >= 0.3 is 66.4 Å². The molecule has 0 aliphatic rings. The number of thiazole rings is 1. The highest BCUT2D eigenvalue weighted by molar-refractivity contribution is 7.14. The highest BCUT2D eigenvalue weighted by Crippen LogP contribution is 2.34. The first-order chi connectivity index (χ1) is 67.1. The van der Waals surface area contributed by atoms with Gasteiger partial charge in [0.1, 0.15) is 35.4 Å². The lowest BCUT2D eigenvalue weighted by molar-refractivity contribution is 0.261. The van der Waals surface area contributed by atoms with Crippen LogP contribution in [0, 0.1) is 0 Å². The van der Waals surface area contributed by atoms with E-state index in [0.29, 0.717) is 50.9 Å². The lowest BCUT2D eigenvalue weighted by Gasteiger charge is -2.14. The van der Waals surface area contributed by atoms with E-state index >= 15 is 0 Å². The van der Waals surface area contributed by atoms with Crippen molar-refractivity contribution in [3.63, 3.8) is 0 Å². The van der Waals surface area contributed by atoms with E-state index in [1.807, 2.05) is 264 Å². The molecule has 0 aliphatic carbocycles. The summed E-state index contributed by atoms with van der Waals surface area (Å²) in [6.07, 6.45) is 2.88. The van der Waals surface area contributed by atoms with Crippen LogP contribution >= 0.6 is 69.1 Å². The molecule has 0 fully saturated rings. The SMILES string of the molecule is CC(C)(C)c1cc(NC(=O)Nc2ccc(Cl)cc2)n(-c2ccc(Cn3sc(=O)[nH]c3=O)cc2)n1.CC(C)(C)c1cc(NC(=O)Nc2ccncn2)n(-c2ccc(Cn3sc(=O)[nH]c3=O)cc2)n1.CC(C)(C)c1cc(NC(=O)Nc2nc(-c3ccccc3)cs2)n(-c2ccc(Cn3sc(=O)[nH]c3=O)cc2)n1.CC(C)(C)c1cc(NC(=O)Nc2nc3ccccc3[nH]2)n(-c2ccc(Cn3sc(=O)[nH]c3=O)cc2)n1. The minimum Gasteiger partial charge on any atom is -0.324 e. The Balaban J connectivity index is 0.000000142. The zero-order valence-corrected chi connectivity index (χ0v) is 82.5. The smallest absolute Gasteiger partial charge is 0.324 e. The molecule has 18 aromatic rings. The number of halogens is 1. The number of nitrogens with zero attached hydrogens (tertiary/aromatic N) is 16. The molecule has 0 atom stereocenters. The zero-order valence-electron chi connectivity index (χ0n) is 77.7. The second kappa shape index (κ2) is 42.3. The Morgan fingerprint density at radius 1 is 0.362 bits per heavy atom. The molecule has 11 heterocycles. The molecule has 47 heteroatoms. The number of H-pyrrole nitrogens is 5. The third kappa shape index (κ3) is 25.9. The number of imidazole rings is 1. The van der Waals surface area contributed by atoms with Gasteiger partial charge in [-0.1, -0.05) is 186 Å². The number of aromatic amines is 5. The maximum absolute atomic E-state index is 12.9. The molecule has 141 heavy (non-hydrogen) atoms. The summed E-state index contributed by atoms with van der Waals surface area (Å²) in [5, 5.41) is 44.3. The minimum absolute atomic E-state index is 0.235. The summed E-state index contributed by atoms with van der Waals surface area (Å²) in [5.74, 6) is 2.68. The van der Waals surface area contributed by atoms with Crippen molar-refractivity contribution in [2.45, 2.75) is 131 Å². The molecule has 0 aliphatic heterocycles. The summed E-state index contributed by atoms with van der Waals surface area (Å²) >= 11 is 10.6. The zero-order chi connectivity index (χ0) is 100. The van der Waals surface area contributed by atoms with Crippen LogP contribution in [0.1, 0.15) is 128 Å². The Hall–Kier alpha value is -16.4. The minimum atomic E-state index is -0.464. The second-order valence-corrected chi connectivity index (χ2v) is 41.0. The molecule has 7 aromatic carbocycles. The van der Waals surface area contributed by atoms with E-state index in [9.17, 15) is 57.5 Å². The van der Waals surface area contributed by atoms with Crippen molar-refractivity contribution in [2.75, 3.05) is 42.5 Å². The predicted octanol–water partition coefficient (Wildman–Crippen LogP) is 15.5. The molecular formula is C94H94ClN29O12S5. The monoisotopic (exact) mass is 2020 g/mol. The van der Waals surface area contributed by atoms with E-state index in [0.717, 1.165) is 136 Å². The Kier molecular flexibility index (Phi) is 29.7. The van der Waals surface area contributed by atoms with Crippen molar-refractivity contribution in [2.24, 2.45) is 0 Å². The summed E-state index contributed by atoms with van der Waals surface area (Å²) in [6, 6.07) is 60.8. The number of nitrogens with one attached hydrogen (secondary N) is 13. The molecule has 0 spiro atoms. The van der Waals surface area contributed by atoms with Gasteiger partial charge in [-0.3, -0.25) is 76.3 Å². The van der Waals surface area contributed by atoms with Crippen molar-refractivity contribution in [1.29, 1.82) is 0 Å². The first-order valence-corrected chi connectivity index (χ1v) is 47.7. The van der Waals surface area contributed by atoms with Crippen LogP contribution in [0.3, 0.4) is 0 Å². The maximum Gasteiger partial charge on any atom is 0.338 e. The quantitative estimate of drug-likeness (QED) is 0.0318. The van der Waals surface area contributed by atoms with E-state index in [2.05, 4.69) is 87.4 Å². The molecule has 18 rings (SSSR count). The van der Waals surface area contributed by atoms with Gasteiger partial charge < -0.3 is 10.3 Å². The summed E-state index contributed by atoms with van der Waals surface area (Å²) in [5.41, 5.74) is 10.8. The number of hydrogen-bond donors (Lipinski definition) is 13. The molecule has 0 bridgehead atoms. The number of benzene rings is 7. The van der Waals surface area contributed by atoms with Gasteiger partial charge in [0, 0.05) is 120 Å². The summed E-state index contributed by atoms with van der Waals surface area (Å²) in [4.78, 5) is 171. The fourth-order valence-corrected chi connectivity index (χ4v) is 17.0. The molecule has 11 aromatic heterocycles. The van der Waals surface area contributed by atoms with Gasteiger partial charge in [0.25, 0.3) is 0 Å². The Morgan fingerprint density at radius 2 is 0.702 bits per heavy atom. The van der Waals surface area contributed by atoms with Crippen LogP contribution in [-0.2, 0) is 47.8 Å². The van der Waals surface area contributed by atoms with Crippen LogP contribution in [0.15, 0.2) is 263 Å². The predicted molar refractivity (Wildman–Crippen MR) is 550 cm³/mol. The van der Waals surface area contributed by atoms with Gasteiger partial charge in [0.15, 0.2) is 5.13 Å². The number of urea groups is 4. The van der Waals surface area contributed by atoms with E-state index in [-0.39, 0.29) is 67.3 Å². The number of para-hydroxylation sites is 2. The first kappa shape index (κ1) is 99.1. The normalized spacial score (nSPS) is 11.5. The Bertz CT molecular complexity index is 8000. The Labute approximate surface area is 825 Å². The van der Waals surface area contributed by atoms with Crippen LogP contribution in [0.5, 0.6) is 0 Å². The third-order valence-electron chi connectivity index (χ3n) is 20.8. The van der Waals surface area contributed by atoms with E-state index < -0.39 is 46.9 Å². The van der Waals surface area contributed by atoms with Crippen molar-refractivity contribution in [1.82, 2.24) is 99.8 Å². The summed E-state index contributed by atoms with van der Waals surface area (Å²) in [7, 11) is 0. The molecule has 0 saturated heterocycles. The van der Waals surface area contributed by atoms with E-state index in [4.69, 9.17) is 32.0 Å². The first-order valence-electron chi connectivity index (χ1n) is 43.4. The van der Waals surface area contributed by atoms with Crippen molar-refractivity contribution in [3.8, 4) is 34.0 Å². The molecule has 8 amide bonds. The molecule has 724 valence electrons. The lowest BCUT2D eigenvalue weighted by atomic mass is 9.92. The number of carbonyl (C=O) groups is 4. The van der Waals surface area contributed by atoms with Gasteiger partial charge in [-0.15, -0.1) is 11.3 Å². The van der Waals surface area contributed by atoms with Crippen molar-refractivity contribution < 1.29 is 19.2 Å². The molecule has 0 saturated carbocycles. The molecule has 13 N–H and O–H groups in total. The number of carbonyl (C=O) groups excluding carboxylic acids is 4. The summed E-state index contributed by atoms with van der Waals surface area (Å²) in [6.45, 7) is 25.6. The molecule has 0 radical (unpaired) electrons. The summed E-state index contributed by atoms with van der Waals surface area (Å²) < 4.78 is 12.1. The third-order valence-corrected chi connectivity index (χ3v) is 24.9. The van der Waals surface area contributed by atoms with Crippen LogP contribution in [-0.4, -0.2) is 124 Å². The Morgan fingerprint density at radius 3 is 1.04 bits per heavy atom. The van der Waals surface area contributed by atoms with Crippen molar-refractivity contribution >= 4 is 150 Å². The number of hydrogen-bond acceptors (Lipinski definition) is 25. The van der Waals surface area contributed by atoms with Gasteiger partial charge in [-0.25, -0.2) is 92.8 Å². The van der Waals surface area contributed by atoms with Crippen LogP contribution in [0.2, 0.25) is 5.02 Å². The van der Waals surface area contributed by atoms with Crippen LogP contribution < -0.4 is 84.8 Å².